The van der Waals surface area contributed by atoms with Gasteiger partial charge in [0.05, 0.1) is 11.0 Å². The molecule has 3 N–H and O–H groups in total. The van der Waals surface area contributed by atoms with Crippen molar-refractivity contribution in [3.05, 3.63) is 65.3 Å². The molecule has 1 saturated heterocycles. The molecule has 1 unspecified atom stereocenters. The van der Waals surface area contributed by atoms with Gasteiger partial charge >= 0.3 is 0 Å². The van der Waals surface area contributed by atoms with Gasteiger partial charge in [0.1, 0.15) is 24.3 Å². The van der Waals surface area contributed by atoms with Crippen LogP contribution in [0.3, 0.4) is 0 Å². The number of piperazine rings is 1. The van der Waals surface area contributed by atoms with Crippen LogP contribution in [0.1, 0.15) is 0 Å². The molecule has 0 radical (unpaired) electrons. The summed E-state index contributed by atoms with van der Waals surface area (Å²) in [5, 5.41) is 16.7. The molecule has 3 aromatic rings. The zero-order valence-corrected chi connectivity index (χ0v) is 21.0. The Hall–Kier alpha value is -3.32. The van der Waals surface area contributed by atoms with Crippen LogP contribution in [0.15, 0.2) is 65.3 Å². The maximum atomic E-state index is 10.5. The molecule has 35 heavy (non-hydrogen) atoms. The van der Waals surface area contributed by atoms with Crippen LogP contribution in [0.5, 0.6) is 5.75 Å². The number of halogens is 1. The first kappa shape index (κ1) is 24.8. The summed E-state index contributed by atoms with van der Waals surface area (Å²) >= 11 is 3.40. The number of ether oxygens (including phenoxy) is 1. The van der Waals surface area contributed by atoms with E-state index in [-0.39, 0.29) is 6.61 Å². The maximum Gasteiger partial charge on any atom is 0.229 e. The third-order valence-corrected chi connectivity index (χ3v) is 6.20. The van der Waals surface area contributed by atoms with Crippen molar-refractivity contribution in [1.29, 1.82) is 0 Å². The van der Waals surface area contributed by atoms with Gasteiger partial charge in [0.15, 0.2) is 0 Å². The minimum Gasteiger partial charge on any atom is -0.491 e. The third kappa shape index (κ3) is 7.33. The quantitative estimate of drug-likeness (QED) is 0.339. The highest BCUT2D eigenvalue weighted by atomic mass is 79.9. The van der Waals surface area contributed by atoms with Gasteiger partial charge in [0.25, 0.3) is 0 Å². The lowest BCUT2D eigenvalue weighted by atomic mass is 10.2. The molecule has 1 atom stereocenters. The second-order valence-corrected chi connectivity index (χ2v) is 9.04. The van der Waals surface area contributed by atoms with Gasteiger partial charge in [-0.1, -0.05) is 24.1 Å². The zero-order valence-electron chi connectivity index (χ0n) is 19.4. The van der Waals surface area contributed by atoms with Crippen LogP contribution in [0, 0.1) is 12.3 Å². The lowest BCUT2D eigenvalue weighted by Gasteiger charge is -2.36. The zero-order chi connectivity index (χ0) is 24.5. The SMILES string of the molecule is C#CCNc1nc(Nc2ccc(OCC(O)CN3CCN(c4ccccc4)CC3)cc2)ncc1Br. The summed E-state index contributed by atoms with van der Waals surface area (Å²) in [6.07, 6.45) is 6.41. The number of nitrogens with one attached hydrogen (secondary N) is 2. The topological polar surface area (TPSA) is 85.8 Å². The monoisotopic (exact) mass is 536 g/mol. The third-order valence-electron chi connectivity index (χ3n) is 5.62. The van der Waals surface area contributed by atoms with Crippen molar-refractivity contribution in [2.75, 3.05) is 61.4 Å². The molecule has 0 bridgehead atoms. The number of hydrogen-bond acceptors (Lipinski definition) is 8. The number of anilines is 4. The molecule has 2 aromatic carbocycles. The summed E-state index contributed by atoms with van der Waals surface area (Å²) in [5.41, 5.74) is 2.07. The standard InChI is InChI=1S/C26H29BrN6O2/c1-2-12-28-25-24(27)17-29-26(31-25)30-20-8-10-23(11-9-20)35-19-22(34)18-32-13-15-33(16-14-32)21-6-4-3-5-7-21/h1,3-11,17,22,34H,12-16,18-19H2,(H2,28,29,30,31). The molecule has 9 heteroatoms. The highest BCUT2D eigenvalue weighted by molar-refractivity contribution is 9.10. The van der Waals surface area contributed by atoms with Crippen molar-refractivity contribution < 1.29 is 9.84 Å². The lowest BCUT2D eigenvalue weighted by Crippen LogP contribution is -2.49. The molecule has 1 aliphatic rings. The highest BCUT2D eigenvalue weighted by Gasteiger charge is 2.19. The number of β-amino-alcohol motifs (C(OH)–C–C–N with tert-alkyl or cyclic N) is 1. The molecule has 0 saturated carbocycles. The predicted molar refractivity (Wildman–Crippen MR) is 143 cm³/mol. The molecule has 182 valence electrons. The normalized spacial score (nSPS) is 14.7. The highest BCUT2D eigenvalue weighted by Crippen LogP contribution is 2.23. The summed E-state index contributed by atoms with van der Waals surface area (Å²) in [4.78, 5) is 13.3. The number of aliphatic hydroxyl groups excluding tert-OH is 1. The number of aliphatic hydroxyl groups is 1. The maximum absolute atomic E-state index is 10.5. The molecule has 0 amide bonds. The number of rotatable bonds is 10. The fourth-order valence-corrected chi connectivity index (χ4v) is 4.15. The molecular formula is C26H29BrN6O2. The van der Waals surface area contributed by atoms with E-state index < -0.39 is 6.10 Å². The molecule has 1 fully saturated rings. The van der Waals surface area contributed by atoms with E-state index in [0.717, 1.165) is 36.3 Å². The Kier molecular flexibility index (Phi) is 8.79. The first-order valence-corrected chi connectivity index (χ1v) is 12.3. The van der Waals surface area contributed by atoms with Gasteiger partial charge in [0.2, 0.25) is 5.95 Å². The van der Waals surface area contributed by atoms with E-state index in [1.165, 1.54) is 5.69 Å². The van der Waals surface area contributed by atoms with Crippen LogP contribution < -0.4 is 20.3 Å². The molecule has 1 aromatic heterocycles. The van der Waals surface area contributed by atoms with Crippen molar-refractivity contribution in [2.24, 2.45) is 0 Å². The summed E-state index contributed by atoms with van der Waals surface area (Å²) in [6.45, 7) is 4.96. The molecule has 8 nitrogen and oxygen atoms in total. The van der Waals surface area contributed by atoms with Crippen molar-refractivity contribution in [3.63, 3.8) is 0 Å². The van der Waals surface area contributed by atoms with Gasteiger partial charge in [-0.15, -0.1) is 6.42 Å². The van der Waals surface area contributed by atoms with E-state index in [0.29, 0.717) is 30.6 Å². The van der Waals surface area contributed by atoms with Gasteiger partial charge in [-0.3, -0.25) is 4.90 Å². The Labute approximate surface area is 214 Å². The van der Waals surface area contributed by atoms with Crippen LogP contribution in [-0.2, 0) is 0 Å². The van der Waals surface area contributed by atoms with Gasteiger partial charge in [-0.25, -0.2) is 4.98 Å². The smallest absolute Gasteiger partial charge is 0.229 e. The van der Waals surface area contributed by atoms with Crippen molar-refractivity contribution in [2.45, 2.75) is 6.10 Å². The number of nitrogens with zero attached hydrogens (tertiary/aromatic N) is 4. The van der Waals surface area contributed by atoms with E-state index in [1.807, 2.05) is 30.3 Å². The van der Waals surface area contributed by atoms with E-state index >= 15 is 0 Å². The molecule has 4 rings (SSSR count). The number of terminal acetylenes is 1. The van der Waals surface area contributed by atoms with Gasteiger partial charge in [0, 0.05) is 50.3 Å². The minimum absolute atomic E-state index is 0.242. The molecule has 0 spiro atoms. The van der Waals surface area contributed by atoms with Gasteiger partial charge < -0.3 is 25.4 Å². The Balaban J connectivity index is 1.20. The fourth-order valence-electron chi connectivity index (χ4n) is 3.82. The Bertz CT molecular complexity index is 1110. The van der Waals surface area contributed by atoms with Crippen LogP contribution >= 0.6 is 15.9 Å². The summed E-state index contributed by atoms with van der Waals surface area (Å²) in [5.74, 6) is 4.28. The van der Waals surface area contributed by atoms with Crippen LogP contribution in [0.25, 0.3) is 0 Å². The average molecular weight is 537 g/mol. The largest absolute Gasteiger partial charge is 0.491 e. The van der Waals surface area contributed by atoms with E-state index in [2.05, 4.69) is 76.5 Å². The summed E-state index contributed by atoms with van der Waals surface area (Å²) < 4.78 is 6.54. The molecule has 2 heterocycles. The number of benzene rings is 2. The summed E-state index contributed by atoms with van der Waals surface area (Å²) in [7, 11) is 0. The van der Waals surface area contributed by atoms with Gasteiger partial charge in [-0.2, -0.15) is 4.98 Å². The first-order valence-electron chi connectivity index (χ1n) is 11.5. The van der Waals surface area contributed by atoms with E-state index in [1.54, 1.807) is 6.20 Å². The summed E-state index contributed by atoms with van der Waals surface area (Å²) in [6, 6.07) is 17.9. The van der Waals surface area contributed by atoms with Crippen LogP contribution in [0.2, 0.25) is 0 Å². The van der Waals surface area contributed by atoms with Crippen LogP contribution in [-0.4, -0.2) is 72.0 Å². The molecule has 0 aliphatic carbocycles. The second kappa shape index (κ2) is 12.4. The number of hydrogen-bond donors (Lipinski definition) is 3. The van der Waals surface area contributed by atoms with Gasteiger partial charge in [-0.05, 0) is 52.3 Å². The number of para-hydroxylation sites is 1. The lowest BCUT2D eigenvalue weighted by molar-refractivity contribution is 0.0663. The minimum atomic E-state index is -0.554. The first-order chi connectivity index (χ1) is 17.1. The fraction of sp³-hybridized carbons (Fsp3) is 0.308. The van der Waals surface area contributed by atoms with Crippen molar-refractivity contribution in [3.8, 4) is 18.1 Å². The van der Waals surface area contributed by atoms with E-state index in [4.69, 9.17) is 11.2 Å². The Morgan fingerprint density at radius 2 is 1.83 bits per heavy atom. The second-order valence-electron chi connectivity index (χ2n) is 8.19. The predicted octanol–water partition coefficient (Wildman–Crippen LogP) is 3.59. The molecule has 1 aliphatic heterocycles. The van der Waals surface area contributed by atoms with E-state index in [9.17, 15) is 5.11 Å². The molecular weight excluding hydrogens is 508 g/mol. The van der Waals surface area contributed by atoms with Crippen molar-refractivity contribution in [1.82, 2.24) is 14.9 Å². The Morgan fingerprint density at radius 3 is 2.54 bits per heavy atom. The van der Waals surface area contributed by atoms with Crippen LogP contribution in [0.4, 0.5) is 23.1 Å². The number of aromatic nitrogens is 2. The Morgan fingerprint density at radius 1 is 1.09 bits per heavy atom. The van der Waals surface area contributed by atoms with Crippen molar-refractivity contribution >= 4 is 39.1 Å². The average Bonchev–Trinajstić information content (AvgIpc) is 2.89.